The number of carbonyl (C=O) groups excluding carboxylic acids is 1. The van der Waals surface area contributed by atoms with Gasteiger partial charge in [0.15, 0.2) is 0 Å². The average molecular weight is 333 g/mol. The van der Waals surface area contributed by atoms with Gasteiger partial charge in [-0.25, -0.2) is 4.79 Å². The third-order valence-corrected chi connectivity index (χ3v) is 2.66. The van der Waals surface area contributed by atoms with Crippen LogP contribution in [0.25, 0.3) is 0 Å². The topological polar surface area (TPSA) is 84.9 Å². The largest absolute Gasteiger partial charge is 0.481 e. The third kappa shape index (κ3) is 20.7. The smallest absolute Gasteiger partial charge is 0.407 e. The van der Waals surface area contributed by atoms with E-state index in [0.29, 0.717) is 6.54 Å². The first-order valence-corrected chi connectivity index (χ1v) is 8.41. The molecular formula is C17H35NO5. The number of rotatable bonds is 9. The van der Waals surface area contributed by atoms with Crippen molar-refractivity contribution in [1.29, 1.82) is 0 Å². The number of unbranched alkanes of at least 4 members (excludes halogenated alkanes) is 3. The van der Waals surface area contributed by atoms with Crippen molar-refractivity contribution in [2.24, 2.45) is 5.92 Å². The average Bonchev–Trinajstić information content (AvgIpc) is 2.43. The lowest BCUT2D eigenvalue weighted by Gasteiger charge is -2.19. The molecule has 1 amide bonds. The molecule has 138 valence electrons. The van der Waals surface area contributed by atoms with Gasteiger partial charge in [-0.05, 0) is 27.7 Å². The maximum atomic E-state index is 11.2. The molecule has 0 spiro atoms. The van der Waals surface area contributed by atoms with Gasteiger partial charge in [0.05, 0.1) is 19.1 Å². The van der Waals surface area contributed by atoms with Crippen LogP contribution in [0.5, 0.6) is 0 Å². The maximum absolute atomic E-state index is 11.2. The van der Waals surface area contributed by atoms with Crippen molar-refractivity contribution in [3.63, 3.8) is 0 Å². The first-order chi connectivity index (χ1) is 10.6. The Hall–Kier alpha value is -1.30. The number of nitrogens with one attached hydrogen (secondary N) is 1. The van der Waals surface area contributed by atoms with Crippen LogP contribution in [-0.2, 0) is 14.3 Å². The lowest BCUT2D eigenvalue weighted by molar-refractivity contribution is -0.143. The molecule has 0 aromatic heterocycles. The predicted molar refractivity (Wildman–Crippen MR) is 91.7 cm³/mol. The monoisotopic (exact) mass is 333 g/mol. The summed E-state index contributed by atoms with van der Waals surface area (Å²) in [4.78, 5) is 21.6. The Morgan fingerprint density at radius 3 is 2.04 bits per heavy atom. The Morgan fingerprint density at radius 1 is 1.13 bits per heavy atom. The van der Waals surface area contributed by atoms with Crippen LogP contribution in [0.4, 0.5) is 4.79 Å². The van der Waals surface area contributed by atoms with Crippen LogP contribution in [0.3, 0.4) is 0 Å². The first-order valence-electron chi connectivity index (χ1n) is 8.41. The van der Waals surface area contributed by atoms with E-state index < -0.39 is 23.6 Å². The van der Waals surface area contributed by atoms with Crippen molar-refractivity contribution < 1.29 is 24.2 Å². The zero-order chi connectivity index (χ0) is 18.3. The second-order valence-corrected chi connectivity index (χ2v) is 6.45. The number of carbonyl (C=O) groups is 2. The van der Waals surface area contributed by atoms with Gasteiger partial charge in [-0.15, -0.1) is 0 Å². The highest BCUT2D eigenvalue weighted by Gasteiger charge is 2.15. The molecule has 0 fully saturated rings. The molecule has 0 aliphatic heterocycles. The Kier molecular flexibility index (Phi) is 14.9. The molecule has 1 unspecified atom stereocenters. The second-order valence-electron chi connectivity index (χ2n) is 6.45. The van der Waals surface area contributed by atoms with Gasteiger partial charge >= 0.3 is 12.1 Å². The van der Waals surface area contributed by atoms with Crippen molar-refractivity contribution in [3.8, 4) is 0 Å². The Morgan fingerprint density at radius 2 is 1.65 bits per heavy atom. The van der Waals surface area contributed by atoms with E-state index in [1.54, 1.807) is 27.7 Å². The quantitative estimate of drug-likeness (QED) is 0.626. The van der Waals surface area contributed by atoms with Gasteiger partial charge in [0.2, 0.25) is 0 Å². The van der Waals surface area contributed by atoms with Crippen LogP contribution in [0.1, 0.15) is 67.2 Å². The Balaban J connectivity index is 0. The third-order valence-electron chi connectivity index (χ3n) is 2.66. The van der Waals surface area contributed by atoms with Gasteiger partial charge in [0.1, 0.15) is 5.60 Å². The number of carboxylic acid groups (broad SMARTS) is 1. The molecule has 0 saturated heterocycles. The van der Waals surface area contributed by atoms with Crippen LogP contribution in [0.2, 0.25) is 0 Å². The Bertz CT molecular complexity index is 309. The van der Waals surface area contributed by atoms with Crippen molar-refractivity contribution in [3.05, 3.63) is 0 Å². The van der Waals surface area contributed by atoms with E-state index in [-0.39, 0.29) is 13.2 Å². The molecule has 2 N–H and O–H groups in total. The first kappa shape index (κ1) is 24.0. The van der Waals surface area contributed by atoms with E-state index in [0.717, 1.165) is 0 Å². The van der Waals surface area contributed by atoms with Gasteiger partial charge in [0, 0.05) is 6.54 Å². The summed E-state index contributed by atoms with van der Waals surface area (Å²) in [6.07, 6.45) is 5.03. The van der Waals surface area contributed by atoms with Crippen LogP contribution in [0.15, 0.2) is 0 Å². The number of aliphatic carboxylic acids is 1. The molecule has 1 atom stereocenters. The highest BCUT2D eigenvalue weighted by atomic mass is 16.6. The molecule has 0 rings (SSSR count). The second kappa shape index (κ2) is 14.3. The molecule has 0 bridgehead atoms. The summed E-state index contributed by atoms with van der Waals surface area (Å²) in [6, 6.07) is 0. The van der Waals surface area contributed by atoms with E-state index in [1.807, 2.05) is 0 Å². The molecule has 0 aliphatic carbocycles. The van der Waals surface area contributed by atoms with Gasteiger partial charge in [-0.3, -0.25) is 4.79 Å². The SMILES string of the molecule is CC(COCCNC(=O)OC(C)(C)C)C(=O)O.CCCCCC. The fourth-order valence-corrected chi connectivity index (χ4v) is 1.37. The highest BCUT2D eigenvalue weighted by molar-refractivity contribution is 5.69. The zero-order valence-electron chi connectivity index (χ0n) is 15.6. The van der Waals surface area contributed by atoms with Crippen molar-refractivity contribution in [2.75, 3.05) is 19.8 Å². The van der Waals surface area contributed by atoms with E-state index in [1.165, 1.54) is 25.7 Å². The van der Waals surface area contributed by atoms with Crippen molar-refractivity contribution in [1.82, 2.24) is 5.32 Å². The molecule has 0 heterocycles. The number of carboxylic acids is 1. The van der Waals surface area contributed by atoms with Gasteiger partial charge in [-0.1, -0.05) is 39.5 Å². The fourth-order valence-electron chi connectivity index (χ4n) is 1.37. The van der Waals surface area contributed by atoms with E-state index in [2.05, 4.69) is 19.2 Å². The number of alkyl carbamates (subject to hydrolysis) is 1. The van der Waals surface area contributed by atoms with Gasteiger partial charge in [-0.2, -0.15) is 0 Å². The summed E-state index contributed by atoms with van der Waals surface area (Å²) in [5.41, 5.74) is -0.525. The molecule has 0 radical (unpaired) electrons. The van der Waals surface area contributed by atoms with E-state index >= 15 is 0 Å². The van der Waals surface area contributed by atoms with E-state index in [4.69, 9.17) is 14.6 Å². The minimum Gasteiger partial charge on any atom is -0.481 e. The molecule has 23 heavy (non-hydrogen) atoms. The van der Waals surface area contributed by atoms with E-state index in [9.17, 15) is 9.59 Å². The minimum absolute atomic E-state index is 0.130. The minimum atomic E-state index is -0.898. The standard InChI is InChI=1S/C11H21NO5.C6H14/c1-8(9(13)14)7-16-6-5-12-10(15)17-11(2,3)4;1-3-5-6-4-2/h8H,5-7H2,1-4H3,(H,12,15)(H,13,14);3-6H2,1-2H3. The van der Waals surface area contributed by atoms with Gasteiger partial charge in [0.25, 0.3) is 0 Å². The summed E-state index contributed by atoms with van der Waals surface area (Å²) in [5, 5.41) is 11.1. The van der Waals surface area contributed by atoms with Crippen LogP contribution in [0, 0.1) is 5.92 Å². The summed E-state index contributed by atoms with van der Waals surface area (Å²) in [6.45, 7) is 12.0. The number of hydrogen-bond donors (Lipinski definition) is 2. The maximum Gasteiger partial charge on any atom is 0.407 e. The molecule has 0 saturated carbocycles. The van der Waals surface area contributed by atoms with Crippen molar-refractivity contribution >= 4 is 12.1 Å². The van der Waals surface area contributed by atoms with Crippen LogP contribution < -0.4 is 5.32 Å². The van der Waals surface area contributed by atoms with Crippen molar-refractivity contribution in [2.45, 2.75) is 72.8 Å². The molecule has 6 nitrogen and oxygen atoms in total. The summed E-state index contributed by atoms with van der Waals surface area (Å²) in [5.74, 6) is -1.44. The van der Waals surface area contributed by atoms with Crippen LogP contribution >= 0.6 is 0 Å². The zero-order valence-corrected chi connectivity index (χ0v) is 15.6. The van der Waals surface area contributed by atoms with Crippen LogP contribution in [-0.4, -0.2) is 42.5 Å². The highest BCUT2D eigenvalue weighted by Crippen LogP contribution is 2.06. The molecule has 6 heteroatoms. The molecule has 0 aromatic carbocycles. The van der Waals surface area contributed by atoms with Gasteiger partial charge < -0.3 is 19.9 Å². The summed E-state index contributed by atoms with van der Waals surface area (Å²) in [7, 11) is 0. The summed E-state index contributed by atoms with van der Waals surface area (Å²) >= 11 is 0. The Labute approximate surface area is 140 Å². The number of amides is 1. The fraction of sp³-hybridized carbons (Fsp3) is 0.882. The lowest BCUT2D eigenvalue weighted by atomic mass is 10.2. The number of ether oxygens (including phenoxy) is 2. The summed E-state index contributed by atoms with van der Waals surface area (Å²) < 4.78 is 10.1. The lowest BCUT2D eigenvalue weighted by Crippen LogP contribution is -2.34. The molecular weight excluding hydrogens is 298 g/mol. The molecule has 0 aliphatic rings. The number of hydrogen-bond acceptors (Lipinski definition) is 4. The predicted octanol–water partition coefficient (Wildman–Crippen LogP) is 3.84. The molecule has 0 aromatic rings. The normalized spacial score (nSPS) is 11.9.